The van der Waals surface area contributed by atoms with Crippen molar-refractivity contribution in [3.8, 4) is 33.4 Å². The summed E-state index contributed by atoms with van der Waals surface area (Å²) in [5, 5.41) is 1.31. The van der Waals surface area contributed by atoms with Crippen LogP contribution in [0.25, 0.3) is 43.5 Å². The van der Waals surface area contributed by atoms with E-state index in [2.05, 4.69) is 230 Å². The van der Waals surface area contributed by atoms with Gasteiger partial charge in [-0.3, -0.25) is 0 Å². The SMILES string of the molecule is CC(C)c1ccc(N2c3cccc4c3B(c3ccc(-c5ccccc5)cc3N4c3ccccc3)c3sc4cc5c(cc4c32)-c2ccccc2C52c3ccccc3-c3ccccc32)cc1. The van der Waals surface area contributed by atoms with Crippen LogP contribution in [0.1, 0.15) is 47.6 Å². The minimum absolute atomic E-state index is 0.0357. The Morgan fingerprint density at radius 2 is 1.03 bits per heavy atom. The number of hydrogen-bond acceptors (Lipinski definition) is 3. The van der Waals surface area contributed by atoms with Crippen LogP contribution >= 0.6 is 11.3 Å². The average molecular weight is 833 g/mol. The summed E-state index contributed by atoms with van der Waals surface area (Å²) in [5.41, 5.74) is 24.3. The van der Waals surface area contributed by atoms with E-state index in [1.807, 2.05) is 11.3 Å². The summed E-state index contributed by atoms with van der Waals surface area (Å²) in [6, 6.07) is 78.0. The van der Waals surface area contributed by atoms with E-state index in [0.29, 0.717) is 5.92 Å². The van der Waals surface area contributed by atoms with Crippen molar-refractivity contribution in [1.82, 2.24) is 0 Å². The average Bonchev–Trinajstić information content (AvgIpc) is 3.97. The molecule has 0 amide bonds. The van der Waals surface area contributed by atoms with Crippen LogP contribution in [0.4, 0.5) is 34.1 Å². The Morgan fingerprint density at radius 1 is 0.453 bits per heavy atom. The minimum atomic E-state index is -0.401. The maximum Gasteiger partial charge on any atom is 0.264 e. The van der Waals surface area contributed by atoms with E-state index in [1.54, 1.807) is 0 Å². The van der Waals surface area contributed by atoms with Crippen LogP contribution in [0.15, 0.2) is 206 Å². The molecule has 9 aromatic carbocycles. The van der Waals surface area contributed by atoms with Crippen molar-refractivity contribution in [2.75, 3.05) is 9.80 Å². The molecule has 10 aromatic rings. The number of anilines is 6. The molecule has 2 nitrogen and oxygen atoms in total. The van der Waals surface area contributed by atoms with E-state index in [1.165, 1.54) is 115 Å². The van der Waals surface area contributed by atoms with Crippen molar-refractivity contribution < 1.29 is 0 Å². The molecule has 0 N–H and O–H groups in total. The highest BCUT2D eigenvalue weighted by atomic mass is 32.1. The summed E-state index contributed by atoms with van der Waals surface area (Å²) in [6.45, 7) is 4.60. The van der Waals surface area contributed by atoms with Gasteiger partial charge in [0.25, 0.3) is 6.71 Å². The predicted molar refractivity (Wildman–Crippen MR) is 272 cm³/mol. The maximum atomic E-state index is 2.60. The van der Waals surface area contributed by atoms with Gasteiger partial charge in [0.2, 0.25) is 0 Å². The van der Waals surface area contributed by atoms with E-state index < -0.39 is 5.41 Å². The number of thiophene rings is 1. The van der Waals surface area contributed by atoms with Crippen molar-refractivity contribution in [3.63, 3.8) is 0 Å². The second kappa shape index (κ2) is 13.3. The van der Waals surface area contributed by atoms with Crippen LogP contribution in [0.5, 0.6) is 0 Å². The summed E-state index contributed by atoms with van der Waals surface area (Å²) < 4.78 is 2.71. The smallest absolute Gasteiger partial charge is 0.264 e. The molecule has 300 valence electrons. The summed E-state index contributed by atoms with van der Waals surface area (Å²) >= 11 is 2.00. The van der Waals surface area contributed by atoms with Crippen LogP contribution in [-0.2, 0) is 5.41 Å². The van der Waals surface area contributed by atoms with Gasteiger partial charge in [0.1, 0.15) is 0 Å². The zero-order valence-corrected chi connectivity index (χ0v) is 36.4. The lowest BCUT2D eigenvalue weighted by atomic mass is 9.36. The van der Waals surface area contributed by atoms with Crippen LogP contribution < -0.4 is 25.5 Å². The molecule has 64 heavy (non-hydrogen) atoms. The Hall–Kier alpha value is -7.40. The third-order valence-electron chi connectivity index (χ3n) is 14.6. The fourth-order valence-corrected chi connectivity index (χ4v) is 13.3. The highest BCUT2D eigenvalue weighted by Gasteiger charge is 2.52. The predicted octanol–water partition coefficient (Wildman–Crippen LogP) is 14.1. The van der Waals surface area contributed by atoms with Gasteiger partial charge in [0, 0.05) is 43.3 Å². The number of rotatable bonds is 4. The third-order valence-corrected chi connectivity index (χ3v) is 15.9. The molecule has 2 aliphatic heterocycles. The monoisotopic (exact) mass is 832 g/mol. The van der Waals surface area contributed by atoms with Gasteiger partial charge in [0.15, 0.2) is 0 Å². The molecule has 4 aliphatic rings. The molecular weight excluding hydrogens is 792 g/mol. The molecule has 0 fully saturated rings. The van der Waals surface area contributed by atoms with E-state index in [-0.39, 0.29) is 6.71 Å². The molecule has 0 bridgehead atoms. The lowest BCUT2D eigenvalue weighted by Crippen LogP contribution is -2.60. The number of para-hydroxylation sites is 1. The standard InChI is InChI=1S/C60H41BN2S/c1-37(2)38-28-31-42(32-29-38)63-54-27-15-26-53-57(54)61(52-33-30-40(39-16-5-3-6-17-39)34-55(52)62(53)41-18-7-4-8-19-41)59-58(63)47-35-46-45-22-11-14-25-50(45)60(51(46)36-56(47)64-59)48-23-12-9-20-43(48)44-21-10-13-24-49(44)60/h3-37H,1-2H3. The van der Waals surface area contributed by atoms with Gasteiger partial charge in [-0.2, -0.15) is 0 Å². The van der Waals surface area contributed by atoms with Crippen LogP contribution in [0, 0.1) is 0 Å². The highest BCUT2D eigenvalue weighted by molar-refractivity contribution is 7.33. The third kappa shape index (κ3) is 4.71. The zero-order chi connectivity index (χ0) is 42.3. The highest BCUT2D eigenvalue weighted by Crippen LogP contribution is 2.64. The molecule has 1 aromatic heterocycles. The first-order valence-electron chi connectivity index (χ1n) is 22.6. The number of hydrogen-bond donors (Lipinski definition) is 0. The van der Waals surface area contributed by atoms with Crippen molar-refractivity contribution in [1.29, 1.82) is 0 Å². The van der Waals surface area contributed by atoms with E-state index in [9.17, 15) is 0 Å². The van der Waals surface area contributed by atoms with Crippen LogP contribution in [0.2, 0.25) is 0 Å². The van der Waals surface area contributed by atoms with Crippen LogP contribution in [-0.4, -0.2) is 6.71 Å². The topological polar surface area (TPSA) is 6.48 Å². The first-order chi connectivity index (χ1) is 31.6. The molecule has 0 saturated heterocycles. The molecule has 2 aliphatic carbocycles. The fourth-order valence-electron chi connectivity index (χ4n) is 11.9. The molecule has 4 heteroatoms. The summed E-state index contributed by atoms with van der Waals surface area (Å²) in [4.78, 5) is 5.11. The first kappa shape index (κ1) is 36.1. The van der Waals surface area contributed by atoms with Gasteiger partial charge in [-0.15, -0.1) is 11.3 Å². The van der Waals surface area contributed by atoms with Crippen LogP contribution in [0.3, 0.4) is 0 Å². The van der Waals surface area contributed by atoms with Gasteiger partial charge in [-0.25, -0.2) is 0 Å². The van der Waals surface area contributed by atoms with E-state index >= 15 is 0 Å². The number of benzene rings is 9. The van der Waals surface area contributed by atoms with Gasteiger partial charge in [-0.05, 0) is 133 Å². The summed E-state index contributed by atoms with van der Waals surface area (Å²) in [5.74, 6) is 0.444. The molecule has 0 atom stereocenters. The maximum absolute atomic E-state index is 2.60. The van der Waals surface area contributed by atoms with Crippen molar-refractivity contribution in [2.24, 2.45) is 0 Å². The minimum Gasteiger partial charge on any atom is -0.311 e. The summed E-state index contributed by atoms with van der Waals surface area (Å²) in [6.07, 6.45) is 0. The van der Waals surface area contributed by atoms with Gasteiger partial charge >= 0.3 is 0 Å². The Morgan fingerprint density at radius 3 is 1.69 bits per heavy atom. The van der Waals surface area contributed by atoms with Crippen molar-refractivity contribution in [2.45, 2.75) is 25.2 Å². The van der Waals surface area contributed by atoms with Gasteiger partial charge < -0.3 is 9.80 Å². The Balaban J connectivity index is 1.08. The van der Waals surface area contributed by atoms with Crippen molar-refractivity contribution >= 4 is 78.0 Å². The lowest BCUT2D eigenvalue weighted by Gasteiger charge is -2.43. The van der Waals surface area contributed by atoms with Crippen molar-refractivity contribution in [3.05, 3.63) is 234 Å². The number of nitrogens with zero attached hydrogens (tertiary/aromatic N) is 2. The normalized spacial score (nSPS) is 14.3. The number of fused-ring (bicyclic) bond motifs is 16. The quantitative estimate of drug-likeness (QED) is 0.163. The fraction of sp³-hybridized carbons (Fsp3) is 0.0667. The Kier molecular flexibility index (Phi) is 7.51. The molecule has 3 heterocycles. The van der Waals surface area contributed by atoms with Gasteiger partial charge in [-0.1, -0.05) is 166 Å². The summed E-state index contributed by atoms with van der Waals surface area (Å²) in [7, 11) is 0. The van der Waals surface area contributed by atoms with Gasteiger partial charge in [0.05, 0.1) is 11.1 Å². The Labute approximate surface area is 378 Å². The lowest BCUT2D eigenvalue weighted by molar-refractivity contribution is 0.795. The Bertz CT molecular complexity index is 3510. The van der Waals surface area contributed by atoms with E-state index in [4.69, 9.17) is 0 Å². The molecule has 0 saturated carbocycles. The first-order valence-corrected chi connectivity index (χ1v) is 23.4. The van der Waals surface area contributed by atoms with E-state index in [0.717, 1.165) is 5.69 Å². The zero-order valence-electron chi connectivity index (χ0n) is 35.6. The molecule has 0 radical (unpaired) electrons. The molecular formula is C60H41BN2S. The largest absolute Gasteiger partial charge is 0.311 e. The molecule has 1 spiro atoms. The molecule has 0 unspecified atom stereocenters. The molecule has 14 rings (SSSR count). The second-order valence-corrected chi connectivity index (χ2v) is 19.2. The second-order valence-electron chi connectivity index (χ2n) is 18.1.